The van der Waals surface area contributed by atoms with Crippen LogP contribution in [0.3, 0.4) is 0 Å². The first kappa shape index (κ1) is 54.9. The van der Waals surface area contributed by atoms with E-state index in [1.54, 1.807) is 0 Å². The molecule has 0 aliphatic heterocycles. The lowest BCUT2D eigenvalue weighted by Gasteiger charge is -2.39. The second-order valence-electron chi connectivity index (χ2n) is 15.4. The van der Waals surface area contributed by atoms with Crippen molar-refractivity contribution in [1.29, 1.82) is 0 Å². The van der Waals surface area contributed by atoms with Gasteiger partial charge in [-0.25, -0.2) is 0 Å². The van der Waals surface area contributed by atoms with Gasteiger partial charge in [0.15, 0.2) is 6.67 Å². The number of carbonyl (C=O) groups excluding carboxylic acids is 2. The van der Waals surface area contributed by atoms with Crippen LogP contribution in [-0.2, 0) is 0 Å². The third kappa shape index (κ3) is 23.7. The van der Waals surface area contributed by atoms with E-state index in [1.807, 2.05) is 55.5 Å². The summed E-state index contributed by atoms with van der Waals surface area (Å²) in [6, 6.07) is 15.7. The average Bonchev–Trinajstić information content (AvgIpc) is 3.16. The maximum Gasteiger partial charge on any atom is 0.255 e. The van der Waals surface area contributed by atoms with E-state index in [-0.39, 0.29) is 59.8 Å². The van der Waals surface area contributed by atoms with Gasteiger partial charge in [0.1, 0.15) is 0 Å². The Kier molecular flexibility index (Phi) is 34.4. The molecule has 0 spiro atoms. The number of halogens is 2. The highest BCUT2D eigenvalue weighted by Gasteiger charge is 2.27. The summed E-state index contributed by atoms with van der Waals surface area (Å²) < 4.78 is 2.28. The molecule has 2 aromatic rings. The molecule has 0 saturated heterocycles. The largest absolute Gasteiger partial charge is 1.00 e. The molecule has 6 nitrogen and oxygen atoms in total. The monoisotopic (exact) mass is 976 g/mol. The van der Waals surface area contributed by atoms with Gasteiger partial charge in [-0.3, -0.25) is 9.59 Å². The first-order valence-electron chi connectivity index (χ1n) is 21.5. The van der Waals surface area contributed by atoms with Crippen LogP contribution < -0.4 is 58.6 Å². The lowest BCUT2D eigenvalue weighted by Crippen LogP contribution is -3.00. The molecule has 0 radical (unpaired) electrons. The van der Waals surface area contributed by atoms with Gasteiger partial charge in [-0.1, -0.05) is 94.7 Å². The van der Waals surface area contributed by atoms with Gasteiger partial charge in [0.25, 0.3) is 11.8 Å². The number of nitrogens with zero attached hydrogens (tertiary/aromatic N) is 2. The molecular weight excluding hydrogens is 894 g/mol. The van der Waals surface area contributed by atoms with Crippen LogP contribution in [0, 0.1) is 13.8 Å². The minimum atomic E-state index is 0. The summed E-state index contributed by atoms with van der Waals surface area (Å²) in [4.78, 5) is 24.8. The summed E-state index contributed by atoms with van der Waals surface area (Å²) in [6.45, 7) is 27.9. The number of aryl methyl sites for hydroxylation is 2. The fourth-order valence-electron chi connectivity index (χ4n) is 7.14. The maximum atomic E-state index is 12.8. The van der Waals surface area contributed by atoms with Gasteiger partial charge in [0.2, 0.25) is 0 Å². The second kappa shape index (κ2) is 33.9. The Morgan fingerprint density at radius 1 is 0.444 bits per heavy atom. The van der Waals surface area contributed by atoms with Crippen molar-refractivity contribution in [3.05, 3.63) is 70.8 Å². The van der Waals surface area contributed by atoms with Crippen molar-refractivity contribution in [3.63, 3.8) is 0 Å². The van der Waals surface area contributed by atoms with Gasteiger partial charge in [-0.05, 0) is 117 Å². The Morgan fingerprint density at radius 3 is 1.13 bits per heavy atom. The molecule has 0 fully saturated rings. The van der Waals surface area contributed by atoms with Crippen molar-refractivity contribution in [2.75, 3.05) is 59.0 Å². The summed E-state index contributed by atoms with van der Waals surface area (Å²) in [5, 5.41) is 6.33. The lowest BCUT2D eigenvalue weighted by molar-refractivity contribution is -0.930. The molecule has 2 N–H and O–H groups in total. The second-order valence-corrected chi connectivity index (χ2v) is 15.4. The van der Waals surface area contributed by atoms with E-state index in [2.05, 4.69) is 59.1 Å². The molecule has 0 unspecified atom stereocenters. The molecule has 2 rings (SSSR count). The number of unbranched alkanes of at least 4 members (excludes halogenated alkanes) is 11. The van der Waals surface area contributed by atoms with Crippen LogP contribution in [-0.4, -0.2) is 79.8 Å². The fourth-order valence-corrected chi connectivity index (χ4v) is 7.14. The number of benzene rings is 2. The zero-order valence-corrected chi connectivity index (χ0v) is 40.4. The predicted molar refractivity (Wildman–Crippen MR) is 225 cm³/mol. The topological polar surface area (TPSA) is 58.2 Å². The highest BCUT2D eigenvalue weighted by Crippen LogP contribution is 2.17. The minimum absolute atomic E-state index is 0. The van der Waals surface area contributed by atoms with Crippen molar-refractivity contribution in [1.82, 2.24) is 10.6 Å². The van der Waals surface area contributed by atoms with Crippen LogP contribution in [0.5, 0.6) is 0 Å². The van der Waals surface area contributed by atoms with E-state index < -0.39 is 0 Å². The van der Waals surface area contributed by atoms with Crippen molar-refractivity contribution in [3.8, 4) is 0 Å². The van der Waals surface area contributed by atoms with Gasteiger partial charge < -0.3 is 67.6 Å². The molecule has 2 aromatic carbocycles. The fraction of sp³-hybridized carbons (Fsp3) is 0.696. The van der Waals surface area contributed by atoms with Gasteiger partial charge in [-0.2, -0.15) is 0 Å². The number of hydrogen-bond donors (Lipinski definition) is 2. The van der Waals surface area contributed by atoms with Crippen LogP contribution in [0.25, 0.3) is 0 Å². The van der Waals surface area contributed by atoms with E-state index in [1.165, 1.54) is 151 Å². The molecule has 8 heteroatoms. The standard InChI is InChI=1S/C27H48N2O.C19H32N2O.2HI/c1-5-8-11-14-21-29(22-15-12-9-6-2,23-16-13-10-7-3)24-28-27(30)26-19-17-25(4)18-20-26;1-5-21(6-2,7-3)16-10-8-9-15-20-19(22)18-13-11-17(4)12-14-18;;/h17-20H,5-16,21-24H2,1-4H3;11-14H,5-10,15-16H2,1-4H3;2*1H. The quantitative estimate of drug-likeness (QED) is 0.0546. The van der Waals surface area contributed by atoms with Crippen molar-refractivity contribution in [2.24, 2.45) is 0 Å². The van der Waals surface area contributed by atoms with Crippen molar-refractivity contribution >= 4 is 11.8 Å². The van der Waals surface area contributed by atoms with E-state index in [0.29, 0.717) is 0 Å². The van der Waals surface area contributed by atoms with Crippen LogP contribution in [0.1, 0.15) is 170 Å². The molecule has 0 saturated carbocycles. The highest BCUT2D eigenvalue weighted by molar-refractivity contribution is 5.94. The first-order valence-corrected chi connectivity index (χ1v) is 21.5. The van der Waals surface area contributed by atoms with Gasteiger partial charge in [0, 0.05) is 17.7 Å². The summed E-state index contributed by atoms with van der Waals surface area (Å²) in [6.07, 6.45) is 19.0. The van der Waals surface area contributed by atoms with Gasteiger partial charge in [-0.15, -0.1) is 0 Å². The Labute approximate surface area is 368 Å². The van der Waals surface area contributed by atoms with E-state index in [0.717, 1.165) is 35.2 Å². The Bertz CT molecular complexity index is 1150. The van der Waals surface area contributed by atoms with Crippen LogP contribution in [0.15, 0.2) is 48.5 Å². The molecule has 0 aliphatic rings. The number of amides is 2. The summed E-state index contributed by atoms with van der Waals surface area (Å²) >= 11 is 0. The summed E-state index contributed by atoms with van der Waals surface area (Å²) in [7, 11) is 0. The highest BCUT2D eigenvalue weighted by atomic mass is 127. The third-order valence-electron chi connectivity index (χ3n) is 11.3. The van der Waals surface area contributed by atoms with Gasteiger partial charge >= 0.3 is 0 Å². The summed E-state index contributed by atoms with van der Waals surface area (Å²) in [5.74, 6) is 0.119. The molecule has 2 amide bonds. The van der Waals surface area contributed by atoms with Crippen molar-refractivity contribution < 1.29 is 66.5 Å². The molecule has 312 valence electrons. The van der Waals surface area contributed by atoms with Crippen LogP contribution in [0.4, 0.5) is 0 Å². The Balaban J connectivity index is 0. The third-order valence-corrected chi connectivity index (χ3v) is 11.3. The predicted octanol–water partition coefficient (Wildman–Crippen LogP) is 5.02. The van der Waals surface area contributed by atoms with Crippen molar-refractivity contribution in [2.45, 2.75) is 152 Å². The number of carbonyl (C=O) groups is 2. The van der Waals surface area contributed by atoms with E-state index in [4.69, 9.17) is 0 Å². The number of quaternary nitrogens is 2. The smallest absolute Gasteiger partial charge is 0.255 e. The Morgan fingerprint density at radius 2 is 0.778 bits per heavy atom. The average molecular weight is 977 g/mol. The molecule has 0 aromatic heterocycles. The first-order chi connectivity index (χ1) is 25.1. The van der Waals surface area contributed by atoms with Gasteiger partial charge in [0.05, 0.1) is 45.8 Å². The molecule has 54 heavy (non-hydrogen) atoms. The minimum Gasteiger partial charge on any atom is -1.00 e. The SMILES string of the molecule is CCCCCC[N+](CCCCCC)(CCCCCC)CNC(=O)c1ccc(C)cc1.CC[N+](CC)(CC)CCCCCNC(=O)c1ccc(C)cc1.[I-].[I-]. The normalized spacial score (nSPS) is 11.1. The van der Waals surface area contributed by atoms with Crippen LogP contribution in [0.2, 0.25) is 0 Å². The van der Waals surface area contributed by atoms with E-state index in [9.17, 15) is 9.59 Å². The zero-order valence-electron chi connectivity index (χ0n) is 36.1. The molecule has 0 heterocycles. The number of hydrogen-bond acceptors (Lipinski definition) is 2. The van der Waals surface area contributed by atoms with E-state index >= 15 is 0 Å². The molecule has 0 aliphatic carbocycles. The lowest BCUT2D eigenvalue weighted by atomic mass is 10.1. The Hall–Kier alpha value is -1.24. The molecule has 0 atom stereocenters. The number of nitrogens with one attached hydrogen (secondary N) is 2. The van der Waals surface area contributed by atoms with Crippen LogP contribution >= 0.6 is 0 Å². The molecule has 0 bridgehead atoms. The molecular formula is C46H82I2N4O2. The number of rotatable bonds is 28. The zero-order chi connectivity index (χ0) is 38.5. The maximum absolute atomic E-state index is 12.8. The summed E-state index contributed by atoms with van der Waals surface area (Å²) in [5.41, 5.74) is 3.91.